The van der Waals surface area contributed by atoms with Crippen LogP contribution in [-0.2, 0) is 4.79 Å². The Morgan fingerprint density at radius 2 is 1.88 bits per heavy atom. The van der Waals surface area contributed by atoms with Crippen molar-refractivity contribution >= 4 is 38.5 Å². The molecule has 1 atom stereocenters. The van der Waals surface area contributed by atoms with Crippen LogP contribution in [0, 0.1) is 6.92 Å². The monoisotopic (exact) mass is 353 g/mol. The normalized spacial score (nSPS) is 11.9. The molecule has 0 bridgehead atoms. The Bertz CT molecular complexity index is 905. The number of rotatable bonds is 5. The van der Waals surface area contributed by atoms with Gasteiger partial charge in [0.15, 0.2) is 5.13 Å². The van der Waals surface area contributed by atoms with E-state index in [0.717, 1.165) is 15.8 Å². The van der Waals surface area contributed by atoms with E-state index >= 15 is 0 Å². The van der Waals surface area contributed by atoms with Gasteiger partial charge in [0, 0.05) is 18.0 Å². The summed E-state index contributed by atoms with van der Waals surface area (Å²) in [5.74, 6) is -0.353. The standard InChI is InChI=1S/C19H19N3O2S/c1-12-7-6-10-15-17(12)22-19(25-15)21-16(23)11-13(2)20-18(24)14-8-4-3-5-9-14/h3-10,13H,11H2,1-2H3,(H,20,24)(H,21,22,23)/t13-/m0/s1. The van der Waals surface area contributed by atoms with Crippen LogP contribution in [0.2, 0.25) is 0 Å². The van der Waals surface area contributed by atoms with E-state index in [4.69, 9.17) is 0 Å². The second-order valence-corrected chi connectivity index (χ2v) is 6.96. The van der Waals surface area contributed by atoms with Crippen molar-refractivity contribution in [3.63, 3.8) is 0 Å². The lowest BCUT2D eigenvalue weighted by atomic mass is 10.1. The third-order valence-electron chi connectivity index (χ3n) is 3.77. The molecule has 1 heterocycles. The number of fused-ring (bicyclic) bond motifs is 1. The van der Waals surface area contributed by atoms with Gasteiger partial charge < -0.3 is 10.6 Å². The highest BCUT2D eigenvalue weighted by molar-refractivity contribution is 7.22. The van der Waals surface area contributed by atoms with Gasteiger partial charge in [0.2, 0.25) is 5.91 Å². The molecule has 0 saturated heterocycles. The van der Waals surface area contributed by atoms with Crippen molar-refractivity contribution in [2.45, 2.75) is 26.3 Å². The zero-order chi connectivity index (χ0) is 17.8. The molecule has 128 valence electrons. The largest absolute Gasteiger partial charge is 0.349 e. The molecule has 3 rings (SSSR count). The smallest absolute Gasteiger partial charge is 0.251 e. The highest BCUT2D eigenvalue weighted by Crippen LogP contribution is 2.27. The topological polar surface area (TPSA) is 71.1 Å². The highest BCUT2D eigenvalue weighted by Gasteiger charge is 2.15. The van der Waals surface area contributed by atoms with Gasteiger partial charge in [-0.1, -0.05) is 41.7 Å². The first kappa shape index (κ1) is 17.1. The van der Waals surface area contributed by atoms with Gasteiger partial charge in [-0.3, -0.25) is 9.59 Å². The second-order valence-electron chi connectivity index (χ2n) is 5.93. The van der Waals surface area contributed by atoms with Gasteiger partial charge in [0.25, 0.3) is 5.91 Å². The van der Waals surface area contributed by atoms with Gasteiger partial charge in [-0.15, -0.1) is 0 Å². The summed E-state index contributed by atoms with van der Waals surface area (Å²) in [5.41, 5.74) is 2.57. The van der Waals surface area contributed by atoms with E-state index in [1.54, 1.807) is 24.3 Å². The molecule has 2 N–H and O–H groups in total. The van der Waals surface area contributed by atoms with Crippen LogP contribution in [0.4, 0.5) is 5.13 Å². The number of para-hydroxylation sites is 1. The first-order chi connectivity index (χ1) is 12.0. The number of nitrogens with zero attached hydrogens (tertiary/aromatic N) is 1. The number of carbonyl (C=O) groups excluding carboxylic acids is 2. The number of aromatic nitrogens is 1. The summed E-state index contributed by atoms with van der Waals surface area (Å²) in [6.45, 7) is 3.80. The fraction of sp³-hybridized carbons (Fsp3) is 0.211. The minimum absolute atomic E-state index is 0.169. The number of nitrogens with one attached hydrogen (secondary N) is 2. The average Bonchev–Trinajstić information content (AvgIpc) is 2.99. The van der Waals surface area contributed by atoms with Gasteiger partial charge in [-0.25, -0.2) is 4.98 Å². The zero-order valence-corrected chi connectivity index (χ0v) is 14.9. The lowest BCUT2D eigenvalue weighted by Crippen LogP contribution is -2.35. The van der Waals surface area contributed by atoms with Crippen molar-refractivity contribution in [3.8, 4) is 0 Å². The first-order valence-electron chi connectivity index (χ1n) is 8.05. The fourth-order valence-electron chi connectivity index (χ4n) is 2.54. The highest BCUT2D eigenvalue weighted by atomic mass is 32.1. The lowest BCUT2D eigenvalue weighted by molar-refractivity contribution is -0.116. The molecule has 2 amide bonds. The van der Waals surface area contributed by atoms with Gasteiger partial charge in [0.05, 0.1) is 10.2 Å². The molecule has 0 aliphatic heterocycles. The summed E-state index contributed by atoms with van der Waals surface area (Å²) >= 11 is 1.45. The van der Waals surface area contributed by atoms with Crippen molar-refractivity contribution in [2.75, 3.05) is 5.32 Å². The molecule has 0 spiro atoms. The van der Waals surface area contributed by atoms with Gasteiger partial charge >= 0.3 is 0 Å². The maximum atomic E-state index is 12.2. The van der Waals surface area contributed by atoms with Gasteiger partial charge in [-0.2, -0.15) is 0 Å². The summed E-state index contributed by atoms with van der Waals surface area (Å²) in [5, 5.41) is 6.23. The Morgan fingerprint density at radius 3 is 2.60 bits per heavy atom. The number of aryl methyl sites for hydroxylation is 1. The van der Waals surface area contributed by atoms with Crippen molar-refractivity contribution in [2.24, 2.45) is 0 Å². The minimum Gasteiger partial charge on any atom is -0.349 e. The summed E-state index contributed by atoms with van der Waals surface area (Å²) in [4.78, 5) is 28.8. The summed E-state index contributed by atoms with van der Waals surface area (Å²) in [7, 11) is 0. The average molecular weight is 353 g/mol. The van der Waals surface area contributed by atoms with Crippen LogP contribution in [0.3, 0.4) is 0 Å². The number of carbonyl (C=O) groups is 2. The Balaban J connectivity index is 1.58. The molecule has 0 aliphatic carbocycles. The van der Waals surface area contributed by atoms with Crippen molar-refractivity contribution in [1.82, 2.24) is 10.3 Å². The maximum Gasteiger partial charge on any atom is 0.251 e. The van der Waals surface area contributed by atoms with Crippen LogP contribution in [0.15, 0.2) is 48.5 Å². The molecule has 0 radical (unpaired) electrons. The van der Waals surface area contributed by atoms with E-state index < -0.39 is 0 Å². The number of amides is 2. The molecule has 0 saturated carbocycles. The third kappa shape index (κ3) is 4.22. The van der Waals surface area contributed by atoms with Crippen molar-refractivity contribution in [1.29, 1.82) is 0 Å². The van der Waals surface area contributed by atoms with E-state index in [1.807, 2.05) is 38.1 Å². The van der Waals surface area contributed by atoms with Gasteiger partial charge in [-0.05, 0) is 37.6 Å². The first-order valence-corrected chi connectivity index (χ1v) is 8.86. The molecule has 0 aliphatic rings. The molecule has 5 nitrogen and oxygen atoms in total. The Labute approximate surface area is 150 Å². The number of thiazole rings is 1. The SMILES string of the molecule is Cc1cccc2sc(NC(=O)C[C@H](C)NC(=O)c3ccccc3)nc12. The van der Waals surface area contributed by atoms with Gasteiger partial charge in [0.1, 0.15) is 0 Å². The number of anilines is 1. The van der Waals surface area contributed by atoms with E-state index in [1.165, 1.54) is 11.3 Å². The quantitative estimate of drug-likeness (QED) is 0.734. The Morgan fingerprint density at radius 1 is 1.12 bits per heavy atom. The number of hydrogen-bond acceptors (Lipinski definition) is 4. The second kappa shape index (κ2) is 7.44. The van der Waals surface area contributed by atoms with Crippen LogP contribution in [-0.4, -0.2) is 22.8 Å². The summed E-state index contributed by atoms with van der Waals surface area (Å²) in [6.07, 6.45) is 0.188. The van der Waals surface area contributed by atoms with Crippen molar-refractivity contribution < 1.29 is 9.59 Å². The Kier molecular flexibility index (Phi) is 5.09. The van der Waals surface area contributed by atoms with Crippen LogP contribution < -0.4 is 10.6 Å². The summed E-state index contributed by atoms with van der Waals surface area (Å²) in [6, 6.07) is 14.6. The zero-order valence-electron chi connectivity index (χ0n) is 14.1. The molecule has 3 aromatic rings. The third-order valence-corrected chi connectivity index (χ3v) is 4.71. The van der Waals surface area contributed by atoms with E-state index in [-0.39, 0.29) is 24.3 Å². The maximum absolute atomic E-state index is 12.2. The summed E-state index contributed by atoms with van der Waals surface area (Å²) < 4.78 is 1.04. The molecule has 6 heteroatoms. The number of hydrogen-bond donors (Lipinski definition) is 2. The van der Waals surface area contributed by atoms with E-state index in [2.05, 4.69) is 15.6 Å². The van der Waals surface area contributed by atoms with E-state index in [9.17, 15) is 9.59 Å². The molecule has 1 aromatic heterocycles. The molecule has 2 aromatic carbocycles. The molecule has 0 fully saturated rings. The predicted octanol–water partition coefficient (Wildman–Crippen LogP) is 3.75. The predicted molar refractivity (Wildman–Crippen MR) is 101 cm³/mol. The molecular weight excluding hydrogens is 334 g/mol. The van der Waals surface area contributed by atoms with Crippen molar-refractivity contribution in [3.05, 3.63) is 59.7 Å². The van der Waals surface area contributed by atoms with Crippen LogP contribution in [0.25, 0.3) is 10.2 Å². The minimum atomic E-state index is -0.274. The van der Waals surface area contributed by atoms with E-state index in [0.29, 0.717) is 10.7 Å². The van der Waals surface area contributed by atoms with Crippen LogP contribution >= 0.6 is 11.3 Å². The Hall–Kier alpha value is -2.73. The lowest BCUT2D eigenvalue weighted by Gasteiger charge is -2.13. The molecule has 25 heavy (non-hydrogen) atoms. The number of benzene rings is 2. The molecular formula is C19H19N3O2S. The molecule has 0 unspecified atom stereocenters. The van der Waals surface area contributed by atoms with Crippen LogP contribution in [0.1, 0.15) is 29.3 Å². The fourth-order valence-corrected chi connectivity index (χ4v) is 3.50. The van der Waals surface area contributed by atoms with Crippen LogP contribution in [0.5, 0.6) is 0 Å².